The number of rotatable bonds is 7. The van der Waals surface area contributed by atoms with Crippen LogP contribution in [0.4, 0.5) is 4.79 Å². The fraction of sp³-hybridized carbons (Fsp3) is 0.409. The Balaban J connectivity index is 1.59. The van der Waals surface area contributed by atoms with Crippen molar-refractivity contribution in [3.8, 4) is 5.75 Å². The van der Waals surface area contributed by atoms with E-state index < -0.39 is 0 Å². The summed E-state index contributed by atoms with van der Waals surface area (Å²) in [6.45, 7) is 2.55. The van der Waals surface area contributed by atoms with Crippen LogP contribution >= 0.6 is 0 Å². The standard InChI is InChI=1S/C22H28N2O3/c1-26-20-10-6-5-9-19(20)22(12-15-27-16-13-22)17-24-21(25)23-14-11-18-7-3-2-4-8-18/h2-10H,11-17H2,1H3,(H2,23,24,25). The van der Waals surface area contributed by atoms with Crippen molar-refractivity contribution in [1.82, 2.24) is 10.6 Å². The molecular formula is C22H28N2O3. The summed E-state index contributed by atoms with van der Waals surface area (Å²) in [6, 6.07) is 18.1. The lowest BCUT2D eigenvalue weighted by Gasteiger charge is -2.38. The molecule has 0 bridgehead atoms. The van der Waals surface area contributed by atoms with E-state index in [1.807, 2.05) is 36.4 Å². The van der Waals surface area contributed by atoms with Crippen LogP contribution in [0.1, 0.15) is 24.0 Å². The molecule has 1 aliphatic rings. The Hall–Kier alpha value is -2.53. The summed E-state index contributed by atoms with van der Waals surface area (Å²) in [7, 11) is 1.69. The number of amides is 2. The Labute approximate surface area is 161 Å². The largest absolute Gasteiger partial charge is 0.496 e. The van der Waals surface area contributed by atoms with Gasteiger partial charge < -0.3 is 20.1 Å². The Morgan fingerprint density at radius 2 is 1.74 bits per heavy atom. The van der Waals surface area contributed by atoms with Crippen LogP contribution < -0.4 is 15.4 Å². The van der Waals surface area contributed by atoms with Crippen molar-refractivity contribution in [2.75, 3.05) is 33.4 Å². The smallest absolute Gasteiger partial charge is 0.314 e. The number of urea groups is 1. The number of para-hydroxylation sites is 1. The van der Waals surface area contributed by atoms with Crippen LogP contribution in [0.15, 0.2) is 54.6 Å². The first-order valence-corrected chi connectivity index (χ1v) is 9.50. The summed E-state index contributed by atoms with van der Waals surface area (Å²) in [6.07, 6.45) is 2.54. The second-order valence-electron chi connectivity index (χ2n) is 6.94. The lowest BCUT2D eigenvalue weighted by Crippen LogP contribution is -2.47. The van der Waals surface area contributed by atoms with Crippen molar-refractivity contribution < 1.29 is 14.3 Å². The van der Waals surface area contributed by atoms with E-state index in [0.717, 1.165) is 30.6 Å². The number of nitrogens with one attached hydrogen (secondary N) is 2. The van der Waals surface area contributed by atoms with Crippen LogP contribution in [0, 0.1) is 0 Å². The fourth-order valence-corrected chi connectivity index (χ4v) is 3.66. The third kappa shape index (κ3) is 5.01. The van der Waals surface area contributed by atoms with Gasteiger partial charge in [0.1, 0.15) is 5.75 Å². The maximum atomic E-state index is 12.3. The van der Waals surface area contributed by atoms with Crippen molar-refractivity contribution in [2.45, 2.75) is 24.7 Å². The summed E-state index contributed by atoms with van der Waals surface area (Å²) in [5.41, 5.74) is 2.19. The molecule has 3 rings (SSSR count). The normalized spacial score (nSPS) is 15.7. The van der Waals surface area contributed by atoms with E-state index in [-0.39, 0.29) is 11.4 Å². The second kappa shape index (κ2) is 9.42. The van der Waals surface area contributed by atoms with Crippen LogP contribution in [0.2, 0.25) is 0 Å². The highest BCUT2D eigenvalue weighted by Gasteiger charge is 2.37. The molecule has 0 unspecified atom stereocenters. The molecule has 0 radical (unpaired) electrons. The zero-order chi connectivity index (χ0) is 19.0. The van der Waals surface area contributed by atoms with E-state index in [1.54, 1.807) is 7.11 Å². The average molecular weight is 368 g/mol. The Bertz CT molecular complexity index is 727. The van der Waals surface area contributed by atoms with Gasteiger partial charge in [-0.1, -0.05) is 48.5 Å². The lowest BCUT2D eigenvalue weighted by atomic mass is 9.73. The van der Waals surface area contributed by atoms with Gasteiger partial charge in [0.15, 0.2) is 0 Å². The highest BCUT2D eigenvalue weighted by Crippen LogP contribution is 2.39. The topological polar surface area (TPSA) is 59.6 Å². The van der Waals surface area contributed by atoms with Crippen molar-refractivity contribution in [3.05, 3.63) is 65.7 Å². The van der Waals surface area contributed by atoms with Gasteiger partial charge in [-0.05, 0) is 30.9 Å². The molecule has 0 spiro atoms. The molecule has 1 heterocycles. The lowest BCUT2D eigenvalue weighted by molar-refractivity contribution is 0.0498. The van der Waals surface area contributed by atoms with Crippen molar-refractivity contribution in [2.24, 2.45) is 0 Å². The molecule has 2 amide bonds. The molecule has 1 aliphatic heterocycles. The van der Waals surface area contributed by atoms with Crippen molar-refractivity contribution in [1.29, 1.82) is 0 Å². The van der Waals surface area contributed by atoms with Crippen molar-refractivity contribution >= 4 is 6.03 Å². The molecule has 5 heteroatoms. The maximum Gasteiger partial charge on any atom is 0.314 e. The summed E-state index contributed by atoms with van der Waals surface area (Å²) >= 11 is 0. The summed E-state index contributed by atoms with van der Waals surface area (Å²) in [4.78, 5) is 12.3. The molecular weight excluding hydrogens is 340 g/mol. The number of ether oxygens (including phenoxy) is 2. The van der Waals surface area contributed by atoms with E-state index in [9.17, 15) is 4.79 Å². The van der Waals surface area contributed by atoms with Crippen LogP contribution in [0.3, 0.4) is 0 Å². The molecule has 2 aromatic rings. The van der Waals surface area contributed by atoms with Gasteiger partial charge in [-0.2, -0.15) is 0 Å². The predicted octanol–water partition coefficient (Wildman–Crippen LogP) is 3.29. The highest BCUT2D eigenvalue weighted by molar-refractivity contribution is 5.74. The minimum Gasteiger partial charge on any atom is -0.496 e. The van der Waals surface area contributed by atoms with Gasteiger partial charge in [-0.3, -0.25) is 0 Å². The van der Waals surface area contributed by atoms with E-state index in [1.165, 1.54) is 5.56 Å². The van der Waals surface area contributed by atoms with E-state index in [4.69, 9.17) is 9.47 Å². The molecule has 0 atom stereocenters. The van der Waals surface area contributed by atoms with Gasteiger partial charge >= 0.3 is 6.03 Å². The first-order chi connectivity index (χ1) is 13.2. The Morgan fingerprint density at radius 1 is 1.04 bits per heavy atom. The third-order valence-electron chi connectivity index (χ3n) is 5.26. The van der Waals surface area contributed by atoms with Crippen molar-refractivity contribution in [3.63, 3.8) is 0 Å². The predicted molar refractivity (Wildman–Crippen MR) is 106 cm³/mol. The maximum absolute atomic E-state index is 12.3. The zero-order valence-electron chi connectivity index (χ0n) is 15.9. The number of methoxy groups -OCH3 is 1. The van der Waals surface area contributed by atoms with Gasteiger partial charge in [-0.15, -0.1) is 0 Å². The number of benzene rings is 2. The van der Waals surface area contributed by atoms with Gasteiger partial charge in [0.05, 0.1) is 7.11 Å². The summed E-state index contributed by atoms with van der Waals surface area (Å²) in [5, 5.41) is 6.02. The summed E-state index contributed by atoms with van der Waals surface area (Å²) in [5.74, 6) is 0.866. The number of hydrogen-bond acceptors (Lipinski definition) is 3. The molecule has 0 aliphatic carbocycles. The molecule has 0 aromatic heterocycles. The van der Waals surface area contributed by atoms with Crippen LogP contribution in [0.25, 0.3) is 0 Å². The van der Waals surface area contributed by atoms with Gasteiger partial charge in [0.25, 0.3) is 0 Å². The minimum atomic E-state index is -0.165. The van der Waals surface area contributed by atoms with E-state index in [0.29, 0.717) is 26.3 Å². The number of hydrogen-bond donors (Lipinski definition) is 2. The van der Waals surface area contributed by atoms with Gasteiger partial charge in [-0.25, -0.2) is 4.79 Å². The van der Waals surface area contributed by atoms with E-state index >= 15 is 0 Å². The number of carbonyl (C=O) groups excluding carboxylic acids is 1. The monoisotopic (exact) mass is 368 g/mol. The third-order valence-corrected chi connectivity index (χ3v) is 5.26. The molecule has 0 saturated carbocycles. The SMILES string of the molecule is COc1ccccc1C1(CNC(=O)NCCc2ccccc2)CCOCC1. The highest BCUT2D eigenvalue weighted by atomic mass is 16.5. The first-order valence-electron chi connectivity index (χ1n) is 9.50. The van der Waals surface area contributed by atoms with E-state index in [2.05, 4.69) is 28.8 Å². The van der Waals surface area contributed by atoms with Crippen LogP contribution in [0.5, 0.6) is 5.75 Å². The molecule has 2 aromatic carbocycles. The van der Waals surface area contributed by atoms with Gasteiger partial charge in [0, 0.05) is 37.3 Å². The quantitative estimate of drug-likeness (QED) is 0.788. The average Bonchev–Trinajstić information content (AvgIpc) is 2.74. The van der Waals surface area contributed by atoms with Crippen LogP contribution in [-0.2, 0) is 16.6 Å². The number of carbonyl (C=O) groups is 1. The zero-order valence-corrected chi connectivity index (χ0v) is 15.9. The molecule has 2 N–H and O–H groups in total. The molecule has 144 valence electrons. The second-order valence-corrected chi connectivity index (χ2v) is 6.94. The first kappa shape index (κ1) is 19.2. The minimum absolute atomic E-state index is 0.133. The molecule has 1 saturated heterocycles. The van der Waals surface area contributed by atoms with Gasteiger partial charge in [0.2, 0.25) is 0 Å². The Kier molecular flexibility index (Phi) is 6.71. The molecule has 5 nitrogen and oxygen atoms in total. The fourth-order valence-electron chi connectivity index (χ4n) is 3.66. The van der Waals surface area contributed by atoms with Crippen LogP contribution in [-0.4, -0.2) is 39.4 Å². The summed E-state index contributed by atoms with van der Waals surface area (Å²) < 4.78 is 11.1. The molecule has 1 fully saturated rings. The Morgan fingerprint density at radius 3 is 2.48 bits per heavy atom. The molecule has 27 heavy (non-hydrogen) atoms.